The van der Waals surface area contributed by atoms with Gasteiger partial charge in [0.15, 0.2) is 0 Å². The van der Waals surface area contributed by atoms with E-state index in [4.69, 9.17) is 15.2 Å². The van der Waals surface area contributed by atoms with E-state index < -0.39 is 0 Å². The molecule has 0 bridgehead atoms. The SMILES string of the molecule is Cc1ccc(SOSc2ccc(C)cc2)cc1.O=C(CCl)NCCS. The standard InChI is InChI=1S/C14H14OS2.C4H8ClNOS/c1-11-3-7-13(8-4-11)16-15-17-14-9-5-12(2)6-10-14;5-3-4(7)6-1-2-8/h3-10H,1-2H3;8H,1-3H2,(H,6,7). The summed E-state index contributed by atoms with van der Waals surface area (Å²) in [6.45, 7) is 4.75. The number of thiol groups is 1. The second-order valence-electron chi connectivity index (χ2n) is 5.07. The van der Waals surface area contributed by atoms with Crippen LogP contribution in [0.2, 0.25) is 0 Å². The number of hydrogen-bond donors (Lipinski definition) is 2. The first-order chi connectivity index (χ1) is 12.0. The van der Waals surface area contributed by atoms with Gasteiger partial charge in [-0.1, -0.05) is 35.4 Å². The summed E-state index contributed by atoms with van der Waals surface area (Å²) < 4.78 is 5.52. The van der Waals surface area contributed by atoms with Crippen LogP contribution in [0.5, 0.6) is 0 Å². The summed E-state index contributed by atoms with van der Waals surface area (Å²) in [6.07, 6.45) is 0. The summed E-state index contributed by atoms with van der Waals surface area (Å²) in [6, 6.07) is 16.6. The predicted molar refractivity (Wildman–Crippen MR) is 113 cm³/mol. The highest BCUT2D eigenvalue weighted by molar-refractivity contribution is 8.07. The van der Waals surface area contributed by atoms with Gasteiger partial charge in [-0.15, -0.1) is 11.6 Å². The van der Waals surface area contributed by atoms with Gasteiger partial charge in [0.1, 0.15) is 5.88 Å². The Morgan fingerprint density at radius 1 is 1.00 bits per heavy atom. The molecule has 1 amide bonds. The summed E-state index contributed by atoms with van der Waals surface area (Å²) in [5, 5.41) is 2.53. The summed E-state index contributed by atoms with van der Waals surface area (Å²) in [5.74, 6) is 0.553. The molecular formula is C18H22ClNO2S3. The highest BCUT2D eigenvalue weighted by Gasteiger charge is 1.98. The van der Waals surface area contributed by atoms with Gasteiger partial charge in [-0.25, -0.2) is 3.63 Å². The van der Waals surface area contributed by atoms with E-state index in [1.807, 2.05) is 0 Å². The zero-order valence-electron chi connectivity index (χ0n) is 14.2. The monoisotopic (exact) mass is 415 g/mol. The first-order valence-electron chi connectivity index (χ1n) is 7.63. The molecule has 0 aliphatic rings. The Balaban J connectivity index is 0.000000333. The van der Waals surface area contributed by atoms with Crippen LogP contribution in [-0.2, 0) is 8.42 Å². The first-order valence-corrected chi connectivity index (χ1v) is 10.3. The van der Waals surface area contributed by atoms with Crippen LogP contribution in [-0.4, -0.2) is 24.1 Å². The average Bonchev–Trinajstić information content (AvgIpc) is 2.63. The molecule has 0 saturated heterocycles. The van der Waals surface area contributed by atoms with Crippen LogP contribution in [0.15, 0.2) is 58.3 Å². The van der Waals surface area contributed by atoms with Gasteiger partial charge in [-0.3, -0.25) is 4.79 Å². The summed E-state index contributed by atoms with van der Waals surface area (Å²) in [4.78, 5) is 12.5. The second kappa shape index (κ2) is 13.4. The van der Waals surface area contributed by atoms with Crippen LogP contribution in [0.25, 0.3) is 0 Å². The van der Waals surface area contributed by atoms with Crippen LogP contribution in [0, 0.1) is 13.8 Å². The molecule has 0 fully saturated rings. The molecule has 0 atom stereocenters. The Kier molecular flexibility index (Phi) is 11.9. The average molecular weight is 416 g/mol. The summed E-state index contributed by atoms with van der Waals surface area (Å²) in [5.41, 5.74) is 2.53. The van der Waals surface area contributed by atoms with Crippen molar-refractivity contribution >= 4 is 54.2 Å². The van der Waals surface area contributed by atoms with Crippen LogP contribution >= 0.6 is 48.3 Å². The molecule has 136 valence electrons. The van der Waals surface area contributed by atoms with Gasteiger partial charge in [0.2, 0.25) is 5.91 Å². The minimum absolute atomic E-state index is 0.0355. The number of nitrogens with one attached hydrogen (secondary N) is 1. The molecule has 1 N–H and O–H groups in total. The molecule has 0 spiro atoms. The van der Waals surface area contributed by atoms with Crippen LogP contribution < -0.4 is 5.32 Å². The Hall–Kier alpha value is -0.790. The van der Waals surface area contributed by atoms with E-state index in [0.29, 0.717) is 12.3 Å². The Morgan fingerprint density at radius 2 is 1.44 bits per heavy atom. The smallest absolute Gasteiger partial charge is 0.234 e. The molecule has 0 heterocycles. The zero-order valence-corrected chi connectivity index (χ0v) is 17.5. The topological polar surface area (TPSA) is 38.3 Å². The van der Waals surface area contributed by atoms with Gasteiger partial charge in [-0.05, 0) is 38.1 Å². The van der Waals surface area contributed by atoms with E-state index in [-0.39, 0.29) is 11.8 Å². The number of benzene rings is 2. The first kappa shape index (κ1) is 22.3. The Morgan fingerprint density at radius 3 is 1.80 bits per heavy atom. The minimum atomic E-state index is -0.138. The number of alkyl halides is 1. The van der Waals surface area contributed by atoms with Crippen molar-refractivity contribution in [2.45, 2.75) is 23.6 Å². The fourth-order valence-electron chi connectivity index (χ4n) is 1.53. The molecule has 0 aliphatic carbocycles. The molecule has 0 aliphatic heterocycles. The highest BCUT2D eigenvalue weighted by atomic mass is 35.5. The normalized spacial score (nSPS) is 9.92. The lowest BCUT2D eigenvalue weighted by Crippen LogP contribution is -2.26. The number of halogens is 1. The zero-order chi connectivity index (χ0) is 18.5. The molecule has 2 rings (SSSR count). The fourth-order valence-corrected chi connectivity index (χ4v) is 2.99. The summed E-state index contributed by atoms with van der Waals surface area (Å²) >= 11 is 11.8. The maximum Gasteiger partial charge on any atom is 0.234 e. The van der Waals surface area contributed by atoms with Crippen LogP contribution in [0.4, 0.5) is 0 Å². The van der Waals surface area contributed by atoms with Crippen molar-refractivity contribution in [2.24, 2.45) is 0 Å². The maximum atomic E-state index is 10.3. The van der Waals surface area contributed by atoms with Gasteiger partial charge in [-0.2, -0.15) is 12.6 Å². The van der Waals surface area contributed by atoms with Crippen molar-refractivity contribution in [3.8, 4) is 0 Å². The maximum absolute atomic E-state index is 10.3. The van der Waals surface area contributed by atoms with Crippen molar-refractivity contribution in [3.05, 3.63) is 59.7 Å². The number of amides is 1. The molecule has 0 unspecified atom stereocenters. The number of rotatable bonds is 7. The number of carbonyl (C=O) groups is 1. The van der Waals surface area contributed by atoms with Crippen molar-refractivity contribution in [2.75, 3.05) is 18.2 Å². The van der Waals surface area contributed by atoms with Crippen molar-refractivity contribution < 1.29 is 8.42 Å². The van der Waals surface area contributed by atoms with Crippen LogP contribution in [0.1, 0.15) is 11.1 Å². The van der Waals surface area contributed by atoms with E-state index >= 15 is 0 Å². The molecular weight excluding hydrogens is 394 g/mol. The third kappa shape index (κ3) is 10.7. The van der Waals surface area contributed by atoms with Crippen molar-refractivity contribution in [3.63, 3.8) is 0 Å². The molecule has 0 aromatic heterocycles. The van der Waals surface area contributed by atoms with E-state index in [9.17, 15) is 4.79 Å². The second-order valence-corrected chi connectivity index (χ2v) is 7.60. The minimum Gasteiger partial charge on any atom is -0.354 e. The van der Waals surface area contributed by atoms with Crippen LogP contribution in [0.3, 0.4) is 0 Å². The van der Waals surface area contributed by atoms with Crippen molar-refractivity contribution in [1.29, 1.82) is 0 Å². The predicted octanol–water partition coefficient (Wildman–Crippen LogP) is 5.31. The molecule has 2 aromatic rings. The molecule has 25 heavy (non-hydrogen) atoms. The van der Waals surface area contributed by atoms with Crippen molar-refractivity contribution in [1.82, 2.24) is 5.32 Å². The third-order valence-corrected chi connectivity index (χ3v) is 4.80. The molecule has 0 radical (unpaired) electrons. The van der Waals surface area contributed by atoms with E-state index in [1.54, 1.807) is 0 Å². The quantitative estimate of drug-likeness (QED) is 0.365. The van der Waals surface area contributed by atoms with Gasteiger partial charge < -0.3 is 5.32 Å². The lowest BCUT2D eigenvalue weighted by molar-refractivity contribution is -0.118. The Labute approximate surface area is 169 Å². The molecule has 0 saturated carbocycles. The summed E-state index contributed by atoms with van der Waals surface area (Å²) in [7, 11) is 0. The van der Waals surface area contributed by atoms with E-state index in [1.165, 1.54) is 35.2 Å². The Bertz CT molecular complexity index is 576. The lowest BCUT2D eigenvalue weighted by Gasteiger charge is -2.02. The van der Waals surface area contributed by atoms with Gasteiger partial charge >= 0.3 is 0 Å². The third-order valence-electron chi connectivity index (χ3n) is 2.86. The van der Waals surface area contributed by atoms with Gasteiger partial charge in [0.05, 0.1) is 0 Å². The van der Waals surface area contributed by atoms with Gasteiger partial charge in [0.25, 0.3) is 0 Å². The van der Waals surface area contributed by atoms with E-state index in [0.717, 1.165) is 9.79 Å². The number of hydrogen-bond acceptors (Lipinski definition) is 5. The number of aryl methyl sites for hydroxylation is 2. The highest BCUT2D eigenvalue weighted by Crippen LogP contribution is 2.29. The largest absolute Gasteiger partial charge is 0.354 e. The fraction of sp³-hybridized carbons (Fsp3) is 0.278. The molecule has 7 heteroatoms. The van der Waals surface area contributed by atoms with E-state index in [2.05, 4.69) is 80.3 Å². The molecule has 3 nitrogen and oxygen atoms in total. The molecule has 2 aromatic carbocycles. The van der Waals surface area contributed by atoms with Gasteiger partial charge in [0, 0.05) is 46.2 Å². The lowest BCUT2D eigenvalue weighted by atomic mass is 10.2. The number of carbonyl (C=O) groups excluding carboxylic acids is 1.